The van der Waals surface area contributed by atoms with Crippen molar-refractivity contribution >= 4 is 10.8 Å². The topological polar surface area (TPSA) is 26.3 Å². The van der Waals surface area contributed by atoms with Gasteiger partial charge in [0.1, 0.15) is 0 Å². The molecule has 1 heterocycles. The molecule has 1 aliphatic rings. The van der Waals surface area contributed by atoms with Crippen molar-refractivity contribution in [1.29, 1.82) is 0 Å². The smallest absolute Gasteiger partial charge is 0.0986 e. The Morgan fingerprint density at radius 2 is 2.38 bits per heavy atom. The van der Waals surface area contributed by atoms with Gasteiger partial charge in [-0.1, -0.05) is 13.0 Å². The van der Waals surface area contributed by atoms with Crippen LogP contribution >= 0.6 is 0 Å². The highest BCUT2D eigenvalue weighted by molar-refractivity contribution is 7.84. The van der Waals surface area contributed by atoms with Crippen LogP contribution in [0, 0.1) is 5.92 Å². The molecular weight excluding hydrogens is 184 g/mol. The predicted octanol–water partition coefficient (Wildman–Crippen LogP) is 2.08. The van der Waals surface area contributed by atoms with E-state index in [1.54, 1.807) is 0 Å². The van der Waals surface area contributed by atoms with Gasteiger partial charge in [0.05, 0.1) is 12.4 Å². The second kappa shape index (κ2) is 5.43. The predicted molar refractivity (Wildman–Crippen MR) is 56.0 cm³/mol. The molecule has 1 aliphatic heterocycles. The van der Waals surface area contributed by atoms with Crippen LogP contribution in [0.15, 0.2) is 12.8 Å². The molecule has 0 saturated carbocycles. The number of hydrogen-bond donors (Lipinski definition) is 0. The van der Waals surface area contributed by atoms with E-state index in [0.29, 0.717) is 5.92 Å². The fourth-order valence-electron chi connectivity index (χ4n) is 1.71. The van der Waals surface area contributed by atoms with E-state index in [9.17, 15) is 4.21 Å². The summed E-state index contributed by atoms with van der Waals surface area (Å²) in [5.74, 6) is 2.12. The van der Waals surface area contributed by atoms with Crippen LogP contribution in [0.2, 0.25) is 0 Å². The summed E-state index contributed by atoms with van der Waals surface area (Å²) in [5.41, 5.74) is 0. The van der Waals surface area contributed by atoms with Crippen molar-refractivity contribution in [2.75, 3.05) is 11.5 Å². The minimum atomic E-state index is -0.626. The Bertz CT molecular complexity index is 191. The average molecular weight is 202 g/mol. The van der Waals surface area contributed by atoms with Crippen LogP contribution in [0.5, 0.6) is 0 Å². The van der Waals surface area contributed by atoms with Gasteiger partial charge in [0.15, 0.2) is 0 Å². The molecule has 3 heteroatoms. The molecule has 0 aliphatic carbocycles. The maximum Gasteiger partial charge on any atom is 0.0986 e. The molecule has 0 spiro atoms. The van der Waals surface area contributed by atoms with Crippen molar-refractivity contribution in [2.24, 2.45) is 5.92 Å². The summed E-state index contributed by atoms with van der Waals surface area (Å²) >= 11 is 0. The third-order valence-corrected chi connectivity index (χ3v) is 4.12. The molecule has 13 heavy (non-hydrogen) atoms. The first-order chi connectivity index (χ1) is 6.24. The van der Waals surface area contributed by atoms with Gasteiger partial charge < -0.3 is 4.74 Å². The molecule has 76 valence electrons. The number of rotatable bonds is 3. The van der Waals surface area contributed by atoms with E-state index in [4.69, 9.17) is 4.74 Å². The first-order valence-corrected chi connectivity index (χ1v) is 6.34. The lowest BCUT2D eigenvalue weighted by molar-refractivity contribution is 0.108. The molecule has 0 aromatic rings. The maximum atomic E-state index is 11.4. The second-order valence-electron chi connectivity index (χ2n) is 3.57. The summed E-state index contributed by atoms with van der Waals surface area (Å²) in [5, 5.41) is 0. The fraction of sp³-hybridized carbons (Fsp3) is 0.800. The number of hydrogen-bond acceptors (Lipinski definition) is 2. The fourth-order valence-corrected chi connectivity index (χ4v) is 3.32. The van der Waals surface area contributed by atoms with Crippen LogP contribution in [-0.4, -0.2) is 21.8 Å². The molecule has 1 fully saturated rings. The van der Waals surface area contributed by atoms with Gasteiger partial charge >= 0.3 is 0 Å². The zero-order chi connectivity index (χ0) is 9.68. The largest absolute Gasteiger partial charge is 0.499 e. The van der Waals surface area contributed by atoms with E-state index in [1.807, 2.05) is 6.92 Å². The van der Waals surface area contributed by atoms with Crippen LogP contribution in [-0.2, 0) is 15.5 Å². The van der Waals surface area contributed by atoms with E-state index in [-0.39, 0.29) is 6.10 Å². The van der Waals surface area contributed by atoms with Crippen molar-refractivity contribution in [3.63, 3.8) is 0 Å². The van der Waals surface area contributed by atoms with Gasteiger partial charge in [0, 0.05) is 28.2 Å². The molecule has 0 aromatic carbocycles. The normalized spacial score (nSPS) is 31.8. The Balaban J connectivity index is 2.46. The molecule has 0 amide bonds. The lowest BCUT2D eigenvalue weighted by atomic mass is 9.99. The molecule has 0 bridgehead atoms. The lowest BCUT2D eigenvalue weighted by Gasteiger charge is -2.20. The summed E-state index contributed by atoms with van der Waals surface area (Å²) in [6.07, 6.45) is 5.07. The molecular formula is C10H18O2S. The zero-order valence-corrected chi connectivity index (χ0v) is 9.02. The third kappa shape index (κ3) is 3.51. The first-order valence-electron chi connectivity index (χ1n) is 4.85. The SMILES string of the molecule is C=COC(C)C1CCCCS(=O)C1. The first kappa shape index (κ1) is 10.8. The number of ether oxygens (including phenoxy) is 1. The minimum absolute atomic E-state index is 0.166. The Morgan fingerprint density at radius 3 is 3.08 bits per heavy atom. The van der Waals surface area contributed by atoms with Crippen LogP contribution in [0.25, 0.3) is 0 Å². The van der Waals surface area contributed by atoms with Gasteiger partial charge in [-0.05, 0) is 19.8 Å². The quantitative estimate of drug-likeness (QED) is 0.655. The molecule has 3 atom stereocenters. The third-order valence-electron chi connectivity index (χ3n) is 2.57. The van der Waals surface area contributed by atoms with E-state index >= 15 is 0 Å². The van der Waals surface area contributed by atoms with E-state index in [1.165, 1.54) is 12.7 Å². The van der Waals surface area contributed by atoms with Gasteiger partial charge in [-0.3, -0.25) is 4.21 Å². The molecule has 0 aromatic heterocycles. The molecule has 2 nitrogen and oxygen atoms in total. The van der Waals surface area contributed by atoms with E-state index in [0.717, 1.165) is 24.3 Å². The highest BCUT2D eigenvalue weighted by Crippen LogP contribution is 2.21. The van der Waals surface area contributed by atoms with Gasteiger partial charge in [-0.25, -0.2) is 0 Å². The van der Waals surface area contributed by atoms with Gasteiger partial charge in [-0.2, -0.15) is 0 Å². The highest BCUT2D eigenvalue weighted by atomic mass is 32.2. The van der Waals surface area contributed by atoms with Crippen LogP contribution in [0.3, 0.4) is 0 Å². The molecule has 0 radical (unpaired) electrons. The molecule has 3 unspecified atom stereocenters. The second-order valence-corrected chi connectivity index (χ2v) is 5.20. The van der Waals surface area contributed by atoms with Gasteiger partial charge in [-0.15, -0.1) is 0 Å². The Kier molecular flexibility index (Phi) is 4.50. The summed E-state index contributed by atoms with van der Waals surface area (Å²) in [4.78, 5) is 0. The van der Waals surface area contributed by atoms with Crippen LogP contribution in [0.1, 0.15) is 26.2 Å². The van der Waals surface area contributed by atoms with Crippen LogP contribution in [0.4, 0.5) is 0 Å². The average Bonchev–Trinajstić information content (AvgIpc) is 2.30. The zero-order valence-electron chi connectivity index (χ0n) is 8.20. The summed E-state index contributed by atoms with van der Waals surface area (Å²) < 4.78 is 16.7. The lowest BCUT2D eigenvalue weighted by Crippen LogP contribution is -2.23. The van der Waals surface area contributed by atoms with Gasteiger partial charge in [0.2, 0.25) is 0 Å². The highest BCUT2D eigenvalue weighted by Gasteiger charge is 2.22. The Labute approximate surface area is 82.8 Å². The van der Waals surface area contributed by atoms with Crippen molar-refractivity contribution in [3.8, 4) is 0 Å². The van der Waals surface area contributed by atoms with E-state index < -0.39 is 10.8 Å². The van der Waals surface area contributed by atoms with Gasteiger partial charge in [0.25, 0.3) is 0 Å². The van der Waals surface area contributed by atoms with Crippen molar-refractivity contribution < 1.29 is 8.95 Å². The summed E-state index contributed by atoms with van der Waals surface area (Å²) in [6.45, 7) is 5.58. The van der Waals surface area contributed by atoms with Crippen molar-refractivity contribution in [3.05, 3.63) is 12.8 Å². The Morgan fingerprint density at radius 1 is 1.62 bits per heavy atom. The van der Waals surface area contributed by atoms with Crippen molar-refractivity contribution in [2.45, 2.75) is 32.3 Å². The maximum absolute atomic E-state index is 11.4. The van der Waals surface area contributed by atoms with Crippen LogP contribution < -0.4 is 0 Å². The van der Waals surface area contributed by atoms with Crippen molar-refractivity contribution in [1.82, 2.24) is 0 Å². The molecule has 1 rings (SSSR count). The minimum Gasteiger partial charge on any atom is -0.499 e. The summed E-state index contributed by atoms with van der Waals surface area (Å²) in [6, 6.07) is 0. The Hall–Kier alpha value is -0.310. The van der Waals surface area contributed by atoms with E-state index in [2.05, 4.69) is 6.58 Å². The monoisotopic (exact) mass is 202 g/mol. The summed E-state index contributed by atoms with van der Waals surface area (Å²) in [7, 11) is -0.626. The molecule has 0 N–H and O–H groups in total. The molecule has 1 saturated heterocycles. The standard InChI is InChI=1S/C10H18O2S/c1-3-12-9(2)10-6-4-5-7-13(11)8-10/h3,9-10H,1,4-8H2,2H3.